The van der Waals surface area contributed by atoms with Crippen molar-refractivity contribution in [3.8, 4) is 5.75 Å². The zero-order valence-electron chi connectivity index (χ0n) is 9.56. The molecule has 0 saturated heterocycles. The number of aliphatic hydroxyl groups is 1. The van der Waals surface area contributed by atoms with E-state index in [-0.39, 0.29) is 0 Å². The lowest BCUT2D eigenvalue weighted by atomic mass is 10.3. The van der Waals surface area contributed by atoms with Crippen molar-refractivity contribution in [2.24, 2.45) is 0 Å². The minimum Gasteiger partial charge on any atom is -0.491 e. The zero-order valence-corrected chi connectivity index (χ0v) is 10.4. The van der Waals surface area contributed by atoms with Crippen molar-refractivity contribution in [2.45, 2.75) is 6.10 Å². The monoisotopic (exact) mass is 241 g/mol. The van der Waals surface area contributed by atoms with E-state index in [1.165, 1.54) is 0 Å². The Balaban J connectivity index is 2.08. The molecule has 0 aliphatic carbocycles. The van der Waals surface area contributed by atoms with Gasteiger partial charge in [0.05, 0.1) is 0 Å². The van der Waals surface area contributed by atoms with Crippen LogP contribution < -0.4 is 10.1 Å². The summed E-state index contributed by atoms with van der Waals surface area (Å²) in [6.07, 6.45) is 1.61. The quantitative estimate of drug-likeness (QED) is 0.675. The summed E-state index contributed by atoms with van der Waals surface area (Å²) in [5, 5.41) is 12.8. The highest BCUT2D eigenvalue weighted by atomic mass is 32.2. The highest BCUT2D eigenvalue weighted by molar-refractivity contribution is 7.98. The van der Waals surface area contributed by atoms with E-state index in [1.54, 1.807) is 11.8 Å². The van der Waals surface area contributed by atoms with Gasteiger partial charge in [-0.3, -0.25) is 0 Å². The Labute approximate surface area is 101 Å². The van der Waals surface area contributed by atoms with Crippen LogP contribution >= 0.6 is 11.8 Å². The lowest BCUT2D eigenvalue weighted by Crippen LogP contribution is -2.32. The number of hydrogen-bond acceptors (Lipinski definition) is 4. The van der Waals surface area contributed by atoms with Crippen LogP contribution in [-0.2, 0) is 0 Å². The van der Waals surface area contributed by atoms with E-state index in [2.05, 4.69) is 11.6 Å². The number of hydrogen-bond donors (Lipinski definition) is 2. The third kappa shape index (κ3) is 6.00. The molecule has 0 bridgehead atoms. The normalized spacial score (nSPS) is 12.4. The molecule has 0 aliphatic rings. The minimum atomic E-state index is -0.456. The van der Waals surface area contributed by atoms with Crippen molar-refractivity contribution in [1.29, 1.82) is 0 Å². The minimum absolute atomic E-state index is 0.330. The van der Waals surface area contributed by atoms with Gasteiger partial charge < -0.3 is 15.2 Å². The molecule has 1 atom stereocenters. The fraction of sp³-hybridized carbons (Fsp3) is 0.500. The van der Waals surface area contributed by atoms with Gasteiger partial charge in [-0.05, 0) is 18.4 Å². The number of rotatable bonds is 8. The van der Waals surface area contributed by atoms with Crippen LogP contribution in [-0.4, -0.2) is 42.9 Å². The predicted octanol–water partition coefficient (Wildman–Crippen LogP) is 1.38. The summed E-state index contributed by atoms with van der Waals surface area (Å²) < 4.78 is 5.43. The molecular weight excluding hydrogens is 222 g/mol. The van der Waals surface area contributed by atoms with Crippen molar-refractivity contribution in [2.75, 3.05) is 31.7 Å². The van der Waals surface area contributed by atoms with Crippen LogP contribution in [0, 0.1) is 0 Å². The fourth-order valence-corrected chi connectivity index (χ4v) is 1.56. The van der Waals surface area contributed by atoms with Gasteiger partial charge >= 0.3 is 0 Å². The standard InChI is InChI=1S/C12H19NO2S/c1-16-8-7-13-9-11(14)10-15-12-5-3-2-4-6-12/h2-6,11,13-14H,7-10H2,1H3. The van der Waals surface area contributed by atoms with Crippen molar-refractivity contribution in [3.05, 3.63) is 30.3 Å². The number of benzene rings is 1. The van der Waals surface area contributed by atoms with Crippen LogP contribution in [0.25, 0.3) is 0 Å². The van der Waals surface area contributed by atoms with Crippen LogP contribution in [0.15, 0.2) is 30.3 Å². The van der Waals surface area contributed by atoms with Gasteiger partial charge in [-0.2, -0.15) is 11.8 Å². The number of aliphatic hydroxyl groups excluding tert-OH is 1. The van der Waals surface area contributed by atoms with Gasteiger partial charge in [0.25, 0.3) is 0 Å². The van der Waals surface area contributed by atoms with Gasteiger partial charge in [0.2, 0.25) is 0 Å². The third-order valence-electron chi connectivity index (χ3n) is 2.05. The molecule has 0 fully saturated rings. The highest BCUT2D eigenvalue weighted by Crippen LogP contribution is 2.08. The van der Waals surface area contributed by atoms with E-state index in [1.807, 2.05) is 30.3 Å². The second kappa shape index (κ2) is 8.44. The Bertz CT molecular complexity index is 269. The second-order valence-corrected chi connectivity index (χ2v) is 4.46. The first-order valence-electron chi connectivity index (χ1n) is 5.38. The molecule has 2 N–H and O–H groups in total. The van der Waals surface area contributed by atoms with Gasteiger partial charge in [0, 0.05) is 18.8 Å². The lowest BCUT2D eigenvalue weighted by Gasteiger charge is -2.12. The molecule has 1 aromatic carbocycles. The first-order valence-corrected chi connectivity index (χ1v) is 6.78. The van der Waals surface area contributed by atoms with Crippen LogP contribution in [0.3, 0.4) is 0 Å². The second-order valence-electron chi connectivity index (χ2n) is 3.47. The molecule has 0 aliphatic heterocycles. The molecule has 0 radical (unpaired) electrons. The molecule has 0 heterocycles. The maximum Gasteiger partial charge on any atom is 0.119 e. The van der Waals surface area contributed by atoms with Gasteiger partial charge in [0.15, 0.2) is 0 Å². The molecule has 0 amide bonds. The molecule has 90 valence electrons. The summed E-state index contributed by atoms with van der Waals surface area (Å²) in [5.74, 6) is 1.86. The summed E-state index contributed by atoms with van der Waals surface area (Å²) in [4.78, 5) is 0. The first-order chi connectivity index (χ1) is 7.83. The molecule has 3 nitrogen and oxygen atoms in total. The molecule has 1 rings (SSSR count). The average Bonchev–Trinajstić information content (AvgIpc) is 2.33. The molecule has 0 aromatic heterocycles. The number of nitrogens with one attached hydrogen (secondary N) is 1. The zero-order chi connectivity index (χ0) is 11.6. The third-order valence-corrected chi connectivity index (χ3v) is 2.66. The van der Waals surface area contributed by atoms with Crippen molar-refractivity contribution in [1.82, 2.24) is 5.32 Å². The maximum atomic E-state index is 9.62. The molecular formula is C12H19NO2S. The van der Waals surface area contributed by atoms with Crippen LogP contribution in [0.1, 0.15) is 0 Å². The number of para-hydroxylation sites is 1. The fourth-order valence-electron chi connectivity index (χ4n) is 1.21. The Morgan fingerprint density at radius 3 is 2.81 bits per heavy atom. The van der Waals surface area contributed by atoms with Gasteiger partial charge in [-0.15, -0.1) is 0 Å². The molecule has 4 heteroatoms. The van der Waals surface area contributed by atoms with Gasteiger partial charge in [0.1, 0.15) is 18.5 Å². The molecule has 16 heavy (non-hydrogen) atoms. The Kier molecular flexibility index (Phi) is 7.05. The molecule has 1 aromatic rings. The lowest BCUT2D eigenvalue weighted by molar-refractivity contribution is 0.107. The van der Waals surface area contributed by atoms with Gasteiger partial charge in [-0.25, -0.2) is 0 Å². The van der Waals surface area contributed by atoms with Crippen LogP contribution in [0.4, 0.5) is 0 Å². The first kappa shape index (κ1) is 13.4. The summed E-state index contributed by atoms with van der Waals surface area (Å²) in [6, 6.07) is 9.53. The van der Waals surface area contributed by atoms with E-state index in [4.69, 9.17) is 4.74 Å². The van der Waals surface area contributed by atoms with E-state index >= 15 is 0 Å². The van der Waals surface area contributed by atoms with Gasteiger partial charge in [-0.1, -0.05) is 18.2 Å². The molecule has 1 unspecified atom stereocenters. The maximum absolute atomic E-state index is 9.62. The number of thioether (sulfide) groups is 1. The smallest absolute Gasteiger partial charge is 0.119 e. The summed E-state index contributed by atoms with van der Waals surface area (Å²) in [6.45, 7) is 1.83. The topological polar surface area (TPSA) is 41.5 Å². The van der Waals surface area contributed by atoms with Crippen molar-refractivity contribution in [3.63, 3.8) is 0 Å². The Morgan fingerprint density at radius 1 is 1.38 bits per heavy atom. The summed E-state index contributed by atoms with van der Waals surface area (Å²) in [5.41, 5.74) is 0. The number of ether oxygens (including phenoxy) is 1. The van der Waals surface area contributed by atoms with Crippen molar-refractivity contribution < 1.29 is 9.84 Å². The van der Waals surface area contributed by atoms with Crippen LogP contribution in [0.5, 0.6) is 5.75 Å². The Morgan fingerprint density at radius 2 is 2.12 bits per heavy atom. The van der Waals surface area contributed by atoms with Crippen molar-refractivity contribution >= 4 is 11.8 Å². The van der Waals surface area contributed by atoms with E-state index in [0.717, 1.165) is 18.0 Å². The highest BCUT2D eigenvalue weighted by Gasteiger charge is 2.03. The predicted molar refractivity (Wildman–Crippen MR) is 69.2 cm³/mol. The largest absolute Gasteiger partial charge is 0.491 e. The average molecular weight is 241 g/mol. The molecule has 0 saturated carbocycles. The van der Waals surface area contributed by atoms with E-state index < -0.39 is 6.10 Å². The Hall–Kier alpha value is -0.710. The molecule has 0 spiro atoms. The van der Waals surface area contributed by atoms with E-state index in [9.17, 15) is 5.11 Å². The van der Waals surface area contributed by atoms with E-state index in [0.29, 0.717) is 13.2 Å². The van der Waals surface area contributed by atoms with Crippen LogP contribution in [0.2, 0.25) is 0 Å². The summed E-state index contributed by atoms with van der Waals surface area (Å²) in [7, 11) is 0. The summed E-state index contributed by atoms with van der Waals surface area (Å²) >= 11 is 1.79. The SMILES string of the molecule is CSCCNCC(O)COc1ccccc1.